The fraction of sp³-hybridized carbons (Fsp3) is 0.333. The number of methoxy groups -OCH3 is 2. The first-order valence-corrected chi connectivity index (χ1v) is 11.1. The van der Waals surface area contributed by atoms with E-state index in [2.05, 4.69) is 46.7 Å². The van der Waals surface area contributed by atoms with Gasteiger partial charge in [-0.05, 0) is 47.2 Å². The van der Waals surface area contributed by atoms with Gasteiger partial charge in [0.05, 0.1) is 20.3 Å². The lowest BCUT2D eigenvalue weighted by atomic mass is 9.90. The molecule has 0 aliphatic carbocycles. The molecule has 1 unspecified atom stereocenters. The van der Waals surface area contributed by atoms with Crippen molar-refractivity contribution in [1.29, 1.82) is 0 Å². The Morgan fingerprint density at radius 3 is 2.67 bits per heavy atom. The molecule has 156 valence electrons. The van der Waals surface area contributed by atoms with Crippen LogP contribution in [-0.4, -0.2) is 38.9 Å². The normalized spacial score (nSPS) is 18.0. The van der Waals surface area contributed by atoms with Crippen LogP contribution in [0.3, 0.4) is 0 Å². The zero-order valence-corrected chi connectivity index (χ0v) is 18.0. The number of ether oxygens (including phenoxy) is 4. The third-order valence-electron chi connectivity index (χ3n) is 5.81. The van der Waals surface area contributed by atoms with Crippen LogP contribution in [0.2, 0.25) is 0 Å². The molecule has 3 aromatic rings. The third kappa shape index (κ3) is 3.40. The highest BCUT2D eigenvalue weighted by molar-refractivity contribution is 7.10. The molecule has 5 rings (SSSR count). The lowest BCUT2D eigenvalue weighted by molar-refractivity contribution is 0.162. The van der Waals surface area contributed by atoms with Crippen LogP contribution in [0.5, 0.6) is 23.0 Å². The second-order valence-corrected chi connectivity index (χ2v) is 8.47. The van der Waals surface area contributed by atoms with Gasteiger partial charge < -0.3 is 18.9 Å². The number of hydrogen-bond donors (Lipinski definition) is 0. The van der Waals surface area contributed by atoms with Crippen LogP contribution in [0, 0.1) is 0 Å². The summed E-state index contributed by atoms with van der Waals surface area (Å²) in [6.45, 7) is 2.95. The molecule has 1 aromatic heterocycles. The van der Waals surface area contributed by atoms with Crippen LogP contribution in [0.15, 0.2) is 47.8 Å². The summed E-state index contributed by atoms with van der Waals surface area (Å²) in [6, 6.07) is 14.9. The number of hydrogen-bond acceptors (Lipinski definition) is 6. The number of fused-ring (bicyclic) bond motifs is 2. The number of thiophene rings is 1. The Morgan fingerprint density at radius 1 is 1.03 bits per heavy atom. The Bertz CT molecular complexity index is 1030. The van der Waals surface area contributed by atoms with Gasteiger partial charge in [-0.15, -0.1) is 11.3 Å². The van der Waals surface area contributed by atoms with Gasteiger partial charge in [0.15, 0.2) is 23.0 Å². The summed E-state index contributed by atoms with van der Waals surface area (Å²) in [7, 11) is 3.38. The minimum atomic E-state index is 0.161. The van der Waals surface area contributed by atoms with Crippen molar-refractivity contribution in [3.63, 3.8) is 0 Å². The van der Waals surface area contributed by atoms with Crippen molar-refractivity contribution in [3.8, 4) is 23.0 Å². The fourth-order valence-electron chi connectivity index (χ4n) is 4.43. The third-order valence-corrected chi connectivity index (χ3v) is 6.73. The Morgan fingerprint density at radius 2 is 1.87 bits per heavy atom. The number of benzene rings is 2. The molecule has 0 bridgehead atoms. The summed E-state index contributed by atoms with van der Waals surface area (Å²) in [4.78, 5) is 3.85. The highest BCUT2D eigenvalue weighted by Gasteiger charge is 2.32. The summed E-state index contributed by atoms with van der Waals surface area (Å²) < 4.78 is 22.9. The quantitative estimate of drug-likeness (QED) is 0.596. The van der Waals surface area contributed by atoms with Crippen molar-refractivity contribution < 1.29 is 18.9 Å². The molecule has 0 fully saturated rings. The van der Waals surface area contributed by atoms with Gasteiger partial charge in [0.2, 0.25) is 0 Å². The maximum atomic E-state index is 5.97. The van der Waals surface area contributed by atoms with Crippen LogP contribution < -0.4 is 18.9 Å². The topological polar surface area (TPSA) is 40.2 Å². The minimum Gasteiger partial charge on any atom is -0.493 e. The SMILES string of the molecule is COc1cc2c(cc1OC)C(c1cccs1)N(Cc1cccc3c1OCCO3)CC2. The number of para-hydroxylation sites is 1. The second-order valence-electron chi connectivity index (χ2n) is 7.49. The zero-order valence-electron chi connectivity index (χ0n) is 17.2. The Hall–Kier alpha value is -2.70. The van der Waals surface area contributed by atoms with Gasteiger partial charge in [-0.3, -0.25) is 4.90 Å². The molecule has 5 nitrogen and oxygen atoms in total. The van der Waals surface area contributed by atoms with Crippen LogP contribution in [0.25, 0.3) is 0 Å². The summed E-state index contributed by atoms with van der Waals surface area (Å²) >= 11 is 1.79. The van der Waals surface area contributed by atoms with E-state index in [9.17, 15) is 0 Å². The molecule has 2 aromatic carbocycles. The van der Waals surface area contributed by atoms with E-state index in [-0.39, 0.29) is 6.04 Å². The van der Waals surface area contributed by atoms with E-state index in [4.69, 9.17) is 18.9 Å². The van der Waals surface area contributed by atoms with E-state index >= 15 is 0 Å². The van der Waals surface area contributed by atoms with E-state index in [0.717, 1.165) is 48.1 Å². The number of rotatable bonds is 5. The van der Waals surface area contributed by atoms with Gasteiger partial charge in [-0.1, -0.05) is 18.2 Å². The van der Waals surface area contributed by atoms with E-state index in [1.807, 2.05) is 6.07 Å². The van der Waals surface area contributed by atoms with Crippen LogP contribution in [0.1, 0.15) is 27.6 Å². The highest BCUT2D eigenvalue weighted by Crippen LogP contribution is 2.44. The summed E-state index contributed by atoms with van der Waals surface area (Å²) in [5.74, 6) is 3.29. The first kappa shape index (κ1) is 19.3. The smallest absolute Gasteiger partial charge is 0.165 e. The highest BCUT2D eigenvalue weighted by atomic mass is 32.1. The van der Waals surface area contributed by atoms with Gasteiger partial charge in [-0.25, -0.2) is 0 Å². The molecule has 2 aliphatic rings. The maximum Gasteiger partial charge on any atom is 0.165 e. The van der Waals surface area contributed by atoms with Gasteiger partial charge in [0, 0.05) is 23.5 Å². The molecule has 1 atom stereocenters. The van der Waals surface area contributed by atoms with Crippen molar-refractivity contribution in [2.75, 3.05) is 34.0 Å². The molecule has 0 saturated heterocycles. The fourth-order valence-corrected chi connectivity index (χ4v) is 5.30. The van der Waals surface area contributed by atoms with Crippen LogP contribution in [-0.2, 0) is 13.0 Å². The average Bonchev–Trinajstić information content (AvgIpc) is 3.32. The molecule has 0 saturated carbocycles. The van der Waals surface area contributed by atoms with E-state index in [1.54, 1.807) is 25.6 Å². The summed E-state index contributed by atoms with van der Waals surface area (Å²) in [6.07, 6.45) is 0.962. The molecule has 0 amide bonds. The van der Waals surface area contributed by atoms with Crippen molar-refractivity contribution in [3.05, 3.63) is 69.4 Å². The molecule has 0 N–H and O–H groups in total. The van der Waals surface area contributed by atoms with Crippen LogP contribution >= 0.6 is 11.3 Å². The zero-order chi connectivity index (χ0) is 20.5. The van der Waals surface area contributed by atoms with Crippen molar-refractivity contribution in [1.82, 2.24) is 4.90 Å². The van der Waals surface area contributed by atoms with Crippen molar-refractivity contribution in [2.24, 2.45) is 0 Å². The van der Waals surface area contributed by atoms with Gasteiger partial charge in [0.25, 0.3) is 0 Å². The van der Waals surface area contributed by atoms with Gasteiger partial charge >= 0.3 is 0 Å². The molecular formula is C24H25NO4S. The average molecular weight is 424 g/mol. The molecule has 2 aliphatic heterocycles. The Kier molecular flexibility index (Phi) is 5.27. The lowest BCUT2D eigenvalue weighted by Gasteiger charge is -2.38. The first-order chi connectivity index (χ1) is 14.8. The summed E-state index contributed by atoms with van der Waals surface area (Å²) in [5, 5.41) is 2.14. The number of nitrogens with zero attached hydrogens (tertiary/aromatic N) is 1. The monoisotopic (exact) mass is 423 g/mol. The van der Waals surface area contributed by atoms with Gasteiger partial charge in [0.1, 0.15) is 13.2 Å². The summed E-state index contributed by atoms with van der Waals surface area (Å²) in [5.41, 5.74) is 3.76. The van der Waals surface area contributed by atoms with E-state index in [0.29, 0.717) is 13.2 Å². The molecular weight excluding hydrogens is 398 g/mol. The van der Waals surface area contributed by atoms with Crippen molar-refractivity contribution in [2.45, 2.75) is 19.0 Å². The minimum absolute atomic E-state index is 0.161. The molecule has 30 heavy (non-hydrogen) atoms. The lowest BCUT2D eigenvalue weighted by Crippen LogP contribution is -2.35. The van der Waals surface area contributed by atoms with Gasteiger partial charge in [-0.2, -0.15) is 0 Å². The Labute approximate surface area is 180 Å². The van der Waals surface area contributed by atoms with Crippen LogP contribution in [0.4, 0.5) is 0 Å². The maximum absolute atomic E-state index is 5.97. The predicted molar refractivity (Wildman–Crippen MR) is 117 cm³/mol. The molecule has 0 spiro atoms. The Balaban J connectivity index is 1.55. The van der Waals surface area contributed by atoms with Crippen molar-refractivity contribution >= 4 is 11.3 Å². The molecule has 3 heterocycles. The first-order valence-electron chi connectivity index (χ1n) is 10.2. The predicted octanol–water partition coefficient (Wildman–Crippen LogP) is 4.68. The molecule has 6 heteroatoms. The standard InChI is InChI=1S/C24H25NO4S/c1-26-20-13-16-8-9-25(15-17-5-3-6-19-24(17)29-11-10-28-19)23(22-7-4-12-30-22)18(16)14-21(20)27-2/h3-7,12-14,23H,8-11,15H2,1-2H3. The largest absolute Gasteiger partial charge is 0.493 e. The van der Waals surface area contributed by atoms with E-state index < -0.39 is 0 Å². The second kappa shape index (κ2) is 8.20. The van der Waals surface area contributed by atoms with E-state index in [1.165, 1.54) is 16.0 Å². The molecule has 0 radical (unpaired) electrons.